The number of benzene rings is 2. The standard InChI is InChI=1S/C23H22FN3O4S/c24-17-6-2-1-5-16(17)22-25-26-23(31-22)32-14-21(28)27-10-3-7-18(27)15-8-9-19-20(13-15)30-12-4-11-29-19/h1-2,5-6,8-9,13,18H,3-4,7,10-12,14H2/t18-/m0/s1. The number of hydrogen-bond acceptors (Lipinski definition) is 7. The van der Waals surface area contributed by atoms with Crippen molar-refractivity contribution in [3.05, 3.63) is 53.8 Å². The Bertz CT molecular complexity index is 1120. The summed E-state index contributed by atoms with van der Waals surface area (Å²) in [5.41, 5.74) is 1.29. The number of fused-ring (bicyclic) bond motifs is 1. The number of nitrogens with zero attached hydrogens (tertiary/aromatic N) is 3. The molecule has 0 radical (unpaired) electrons. The topological polar surface area (TPSA) is 77.7 Å². The monoisotopic (exact) mass is 455 g/mol. The van der Waals surface area contributed by atoms with Crippen molar-refractivity contribution in [3.8, 4) is 23.0 Å². The lowest BCUT2D eigenvalue weighted by Crippen LogP contribution is -2.32. The summed E-state index contributed by atoms with van der Waals surface area (Å²) in [7, 11) is 0. The molecule has 1 fully saturated rings. The molecule has 0 bridgehead atoms. The fraction of sp³-hybridized carbons (Fsp3) is 0.348. The molecule has 3 heterocycles. The van der Waals surface area contributed by atoms with Crippen molar-refractivity contribution in [3.63, 3.8) is 0 Å². The number of aromatic nitrogens is 2. The predicted molar refractivity (Wildman–Crippen MR) is 116 cm³/mol. The van der Waals surface area contributed by atoms with Gasteiger partial charge in [-0.25, -0.2) is 4.39 Å². The van der Waals surface area contributed by atoms with Crippen LogP contribution in [0.1, 0.15) is 30.9 Å². The van der Waals surface area contributed by atoms with Gasteiger partial charge in [0.1, 0.15) is 5.82 Å². The lowest BCUT2D eigenvalue weighted by molar-refractivity contribution is -0.129. The molecule has 0 N–H and O–H groups in total. The zero-order valence-electron chi connectivity index (χ0n) is 17.3. The van der Waals surface area contributed by atoms with Gasteiger partial charge in [-0.1, -0.05) is 30.0 Å². The van der Waals surface area contributed by atoms with E-state index in [0.717, 1.165) is 48.1 Å². The first kappa shape index (κ1) is 20.8. The van der Waals surface area contributed by atoms with Gasteiger partial charge in [0.2, 0.25) is 5.91 Å². The summed E-state index contributed by atoms with van der Waals surface area (Å²) in [6.45, 7) is 1.97. The molecule has 3 aromatic rings. The Labute approximate surface area is 188 Å². The highest BCUT2D eigenvalue weighted by molar-refractivity contribution is 7.99. The molecule has 9 heteroatoms. The van der Waals surface area contributed by atoms with Gasteiger partial charge in [-0.15, -0.1) is 10.2 Å². The van der Waals surface area contributed by atoms with Crippen LogP contribution in [0.25, 0.3) is 11.5 Å². The van der Waals surface area contributed by atoms with Crippen LogP contribution in [-0.2, 0) is 4.79 Å². The van der Waals surface area contributed by atoms with Gasteiger partial charge in [-0.05, 0) is 42.7 Å². The Balaban J connectivity index is 1.25. The third-order valence-corrected chi connectivity index (χ3v) is 6.36. The quantitative estimate of drug-likeness (QED) is 0.525. The van der Waals surface area contributed by atoms with Crippen molar-refractivity contribution in [1.82, 2.24) is 15.1 Å². The van der Waals surface area contributed by atoms with Crippen molar-refractivity contribution < 1.29 is 23.1 Å². The Morgan fingerprint density at radius 3 is 2.81 bits per heavy atom. The second kappa shape index (κ2) is 9.20. The van der Waals surface area contributed by atoms with Gasteiger partial charge in [-0.3, -0.25) is 4.79 Å². The molecule has 5 rings (SSSR count). The summed E-state index contributed by atoms with van der Waals surface area (Å²) in [5.74, 6) is 1.32. The number of halogens is 1. The molecule has 0 unspecified atom stereocenters. The minimum Gasteiger partial charge on any atom is -0.490 e. The van der Waals surface area contributed by atoms with Crippen molar-refractivity contribution in [2.45, 2.75) is 30.5 Å². The number of carbonyl (C=O) groups excluding carboxylic acids is 1. The third-order valence-electron chi connectivity index (χ3n) is 5.56. The second-order valence-electron chi connectivity index (χ2n) is 7.64. The molecule has 32 heavy (non-hydrogen) atoms. The van der Waals surface area contributed by atoms with Crippen molar-refractivity contribution >= 4 is 17.7 Å². The molecule has 0 saturated carbocycles. The van der Waals surface area contributed by atoms with E-state index in [1.165, 1.54) is 6.07 Å². The molecular formula is C23H22FN3O4S. The number of likely N-dealkylation sites (tertiary alicyclic amines) is 1. The summed E-state index contributed by atoms with van der Waals surface area (Å²) >= 11 is 1.16. The molecule has 2 aromatic carbocycles. The van der Waals surface area contributed by atoms with Gasteiger partial charge in [0, 0.05) is 13.0 Å². The molecule has 1 atom stereocenters. The van der Waals surface area contributed by atoms with Crippen molar-refractivity contribution in [2.24, 2.45) is 0 Å². The van der Waals surface area contributed by atoms with E-state index in [1.807, 2.05) is 23.1 Å². The Hall–Kier alpha value is -3.07. The second-order valence-corrected chi connectivity index (χ2v) is 8.57. The van der Waals surface area contributed by atoms with E-state index < -0.39 is 5.82 Å². The van der Waals surface area contributed by atoms with E-state index in [0.29, 0.717) is 19.8 Å². The van der Waals surface area contributed by atoms with Gasteiger partial charge in [-0.2, -0.15) is 0 Å². The first-order valence-corrected chi connectivity index (χ1v) is 11.6. The molecule has 166 valence electrons. The smallest absolute Gasteiger partial charge is 0.277 e. The molecule has 1 amide bonds. The number of carbonyl (C=O) groups is 1. The minimum absolute atomic E-state index is 0.00286. The van der Waals surface area contributed by atoms with Crippen LogP contribution in [0.2, 0.25) is 0 Å². The van der Waals surface area contributed by atoms with Gasteiger partial charge in [0.25, 0.3) is 11.1 Å². The summed E-state index contributed by atoms with van der Waals surface area (Å²) < 4.78 is 31.0. The Morgan fingerprint density at radius 2 is 1.94 bits per heavy atom. The maximum absolute atomic E-state index is 13.9. The summed E-state index contributed by atoms with van der Waals surface area (Å²) in [4.78, 5) is 14.9. The first-order valence-electron chi connectivity index (χ1n) is 10.6. The Morgan fingerprint density at radius 1 is 1.09 bits per heavy atom. The van der Waals surface area contributed by atoms with Crippen LogP contribution < -0.4 is 9.47 Å². The summed E-state index contributed by atoms with van der Waals surface area (Å²) in [6.07, 6.45) is 2.69. The zero-order chi connectivity index (χ0) is 21.9. The van der Waals surface area contributed by atoms with Gasteiger partial charge in [0.15, 0.2) is 11.5 Å². The minimum atomic E-state index is -0.432. The zero-order valence-corrected chi connectivity index (χ0v) is 18.1. The van der Waals surface area contributed by atoms with Gasteiger partial charge in [0.05, 0.1) is 30.6 Å². The number of hydrogen-bond donors (Lipinski definition) is 0. The molecule has 0 aliphatic carbocycles. The van der Waals surface area contributed by atoms with Gasteiger partial charge < -0.3 is 18.8 Å². The van der Waals surface area contributed by atoms with Crippen LogP contribution in [0.4, 0.5) is 4.39 Å². The SMILES string of the molecule is O=C(CSc1nnc(-c2ccccc2F)o1)N1CCC[C@H]1c1ccc2c(c1)OCCCO2. The third kappa shape index (κ3) is 4.29. The van der Waals surface area contributed by atoms with Crippen LogP contribution in [0.15, 0.2) is 52.1 Å². The number of ether oxygens (including phenoxy) is 2. The van der Waals surface area contributed by atoms with E-state index in [2.05, 4.69) is 10.2 Å². The molecule has 0 spiro atoms. The van der Waals surface area contributed by atoms with Crippen molar-refractivity contribution in [1.29, 1.82) is 0 Å². The largest absolute Gasteiger partial charge is 0.490 e. The highest BCUT2D eigenvalue weighted by Crippen LogP contribution is 2.38. The number of thioether (sulfide) groups is 1. The highest BCUT2D eigenvalue weighted by Gasteiger charge is 2.31. The molecule has 1 aromatic heterocycles. The Kier molecular flexibility index (Phi) is 5.98. The summed E-state index contributed by atoms with van der Waals surface area (Å²) in [6, 6.07) is 12.1. The molecular weight excluding hydrogens is 433 g/mol. The van der Waals surface area contributed by atoms with Crippen molar-refractivity contribution in [2.75, 3.05) is 25.5 Å². The van der Waals surface area contributed by atoms with E-state index in [1.54, 1.807) is 18.2 Å². The highest BCUT2D eigenvalue weighted by atomic mass is 32.2. The van der Waals surface area contributed by atoms with Crippen LogP contribution in [0.5, 0.6) is 11.5 Å². The average Bonchev–Trinajstić information content (AvgIpc) is 3.43. The van der Waals surface area contributed by atoms with Gasteiger partial charge >= 0.3 is 0 Å². The normalized spacial score (nSPS) is 17.9. The molecule has 2 aliphatic heterocycles. The van der Waals surface area contributed by atoms with E-state index in [-0.39, 0.29) is 34.4 Å². The molecule has 1 saturated heterocycles. The maximum Gasteiger partial charge on any atom is 0.277 e. The fourth-order valence-electron chi connectivity index (χ4n) is 4.02. The number of rotatable bonds is 5. The van der Waals surface area contributed by atoms with Crippen LogP contribution in [-0.4, -0.2) is 46.5 Å². The van der Waals surface area contributed by atoms with Crippen LogP contribution in [0, 0.1) is 5.82 Å². The van der Waals surface area contributed by atoms with Crippen LogP contribution >= 0.6 is 11.8 Å². The van der Waals surface area contributed by atoms with Crippen LogP contribution in [0.3, 0.4) is 0 Å². The fourth-order valence-corrected chi connectivity index (χ4v) is 4.67. The summed E-state index contributed by atoms with van der Waals surface area (Å²) in [5, 5.41) is 8.09. The maximum atomic E-state index is 13.9. The number of amides is 1. The van der Waals surface area contributed by atoms with E-state index in [4.69, 9.17) is 13.9 Å². The molecule has 2 aliphatic rings. The van der Waals surface area contributed by atoms with E-state index >= 15 is 0 Å². The lowest BCUT2D eigenvalue weighted by Gasteiger charge is -2.25. The lowest BCUT2D eigenvalue weighted by atomic mass is 10.0. The average molecular weight is 456 g/mol. The first-order chi connectivity index (χ1) is 15.7. The molecule has 7 nitrogen and oxygen atoms in total. The van der Waals surface area contributed by atoms with E-state index in [9.17, 15) is 9.18 Å². The predicted octanol–water partition coefficient (Wildman–Crippen LogP) is 4.49.